The van der Waals surface area contributed by atoms with E-state index in [1.165, 1.54) is 6.21 Å². The molecule has 3 N–H and O–H groups in total. The first-order valence-electron chi connectivity index (χ1n) is 13.4. The van der Waals surface area contributed by atoms with Crippen molar-refractivity contribution < 1.29 is 28.5 Å². The maximum absolute atomic E-state index is 12.8. The van der Waals surface area contributed by atoms with Gasteiger partial charge in [-0.05, 0) is 84.6 Å². The van der Waals surface area contributed by atoms with Gasteiger partial charge in [0.25, 0.3) is 5.91 Å². The maximum Gasteiger partial charge on any atom is 0.338 e. The van der Waals surface area contributed by atoms with Crippen molar-refractivity contribution in [1.29, 1.82) is 0 Å². The second-order valence-corrected chi connectivity index (χ2v) is 11.4. The topological polar surface area (TPSA) is 120 Å². The van der Waals surface area contributed by atoms with Crippen molar-refractivity contribution in [3.05, 3.63) is 97.2 Å². The molecule has 230 valence electrons. The average molecular weight is 749 g/mol. The number of benzene rings is 3. The summed E-state index contributed by atoms with van der Waals surface area (Å²) in [6, 6.07) is 17.5. The van der Waals surface area contributed by atoms with Gasteiger partial charge in [-0.25, -0.2) is 10.2 Å². The van der Waals surface area contributed by atoms with Gasteiger partial charge in [-0.1, -0.05) is 41.9 Å². The van der Waals surface area contributed by atoms with Gasteiger partial charge in [0.1, 0.15) is 12.4 Å². The minimum Gasteiger partial charge on any atom is -0.493 e. The molecular weight excluding hydrogens is 719 g/mol. The van der Waals surface area contributed by atoms with Crippen LogP contribution < -0.4 is 30.3 Å². The normalized spacial score (nSPS) is 14.5. The molecule has 0 spiro atoms. The van der Waals surface area contributed by atoms with Crippen molar-refractivity contribution in [2.45, 2.75) is 26.5 Å². The first kappa shape index (κ1) is 33.0. The number of nitrogens with one attached hydrogen (secondary N) is 3. The number of methoxy groups -OCH3 is 1. The van der Waals surface area contributed by atoms with E-state index < -0.39 is 17.9 Å². The van der Waals surface area contributed by atoms with Gasteiger partial charge in [-0.3, -0.25) is 4.79 Å². The van der Waals surface area contributed by atoms with Crippen molar-refractivity contribution in [1.82, 2.24) is 16.1 Å². The summed E-state index contributed by atoms with van der Waals surface area (Å²) in [7, 11) is 1.55. The van der Waals surface area contributed by atoms with Crippen LogP contribution in [0.1, 0.15) is 36.6 Å². The van der Waals surface area contributed by atoms with E-state index in [1.54, 1.807) is 51.3 Å². The Bertz CT molecular complexity index is 1620. The number of rotatable bonds is 12. The third-order valence-electron chi connectivity index (χ3n) is 6.29. The molecule has 44 heavy (non-hydrogen) atoms. The first-order chi connectivity index (χ1) is 21.2. The number of carbonyl (C=O) groups is 2. The Morgan fingerprint density at radius 2 is 1.91 bits per heavy atom. The fourth-order valence-corrected chi connectivity index (χ4v) is 5.48. The molecule has 1 amide bonds. The average Bonchev–Trinajstić information content (AvgIpc) is 2.99. The lowest BCUT2D eigenvalue weighted by molar-refractivity contribution is -0.139. The van der Waals surface area contributed by atoms with E-state index in [0.29, 0.717) is 49.8 Å². The molecule has 4 rings (SSSR count). The van der Waals surface area contributed by atoms with Gasteiger partial charge in [0.2, 0.25) is 0 Å². The molecule has 0 radical (unpaired) electrons. The number of carbonyl (C=O) groups excluding carboxylic acids is 2. The van der Waals surface area contributed by atoms with Crippen LogP contribution in [0.25, 0.3) is 0 Å². The van der Waals surface area contributed by atoms with Gasteiger partial charge in [-0.15, -0.1) is 0 Å². The standard InChI is InChI=1S/C31H30ClIN4O6S/c1-4-41-30(39)27-18(2)35-31(44)36-28(27)23-10-5-6-11-24(23)42-17-26(38)37-34-15-20-13-22(33)14-25(40-3)29(20)43-16-19-8-7-9-21(32)12-19/h5-15,28H,4,16-17H2,1-3H3,(H,37,38)(H2,35,36,44)/t28-/m1/s1. The number of thiocarbonyl (C=S) groups is 1. The minimum absolute atomic E-state index is 0.218. The van der Waals surface area contributed by atoms with E-state index in [2.05, 4.69) is 43.8 Å². The number of ether oxygens (including phenoxy) is 4. The highest BCUT2D eigenvalue weighted by Gasteiger charge is 2.32. The molecule has 0 fully saturated rings. The fraction of sp³-hybridized carbons (Fsp3) is 0.226. The number of para-hydroxylation sites is 1. The summed E-state index contributed by atoms with van der Waals surface area (Å²) >= 11 is 13.6. The molecule has 1 aliphatic rings. The number of esters is 1. The lowest BCUT2D eigenvalue weighted by atomic mass is 9.95. The van der Waals surface area contributed by atoms with Gasteiger partial charge in [0.15, 0.2) is 23.2 Å². The Kier molecular flexibility index (Phi) is 11.8. The van der Waals surface area contributed by atoms with Crippen LogP contribution in [-0.4, -0.2) is 43.5 Å². The van der Waals surface area contributed by atoms with Gasteiger partial charge in [0, 0.05) is 25.4 Å². The van der Waals surface area contributed by atoms with Crippen molar-refractivity contribution in [2.24, 2.45) is 5.10 Å². The van der Waals surface area contributed by atoms with Crippen LogP contribution in [0, 0.1) is 3.57 Å². The van der Waals surface area contributed by atoms with Crippen molar-refractivity contribution in [2.75, 3.05) is 20.3 Å². The monoisotopic (exact) mass is 748 g/mol. The Balaban J connectivity index is 1.45. The number of nitrogens with zero attached hydrogens (tertiary/aromatic N) is 1. The van der Waals surface area contributed by atoms with Crippen molar-refractivity contribution in [3.8, 4) is 17.2 Å². The first-order valence-corrected chi connectivity index (χ1v) is 15.3. The third kappa shape index (κ3) is 8.61. The molecule has 13 heteroatoms. The zero-order chi connectivity index (χ0) is 31.6. The Morgan fingerprint density at radius 1 is 1.11 bits per heavy atom. The molecule has 0 aromatic heterocycles. The molecule has 10 nitrogen and oxygen atoms in total. The zero-order valence-electron chi connectivity index (χ0n) is 24.1. The largest absolute Gasteiger partial charge is 0.493 e. The van der Waals surface area contributed by atoms with Gasteiger partial charge >= 0.3 is 5.97 Å². The van der Waals surface area contributed by atoms with Crippen LogP contribution in [0.4, 0.5) is 0 Å². The van der Waals surface area contributed by atoms with Gasteiger partial charge in [-0.2, -0.15) is 5.10 Å². The highest BCUT2D eigenvalue weighted by Crippen LogP contribution is 2.35. The molecule has 0 aliphatic carbocycles. The van der Waals surface area contributed by atoms with E-state index in [1.807, 2.05) is 30.3 Å². The molecule has 0 bridgehead atoms. The summed E-state index contributed by atoms with van der Waals surface area (Å²) in [5.74, 6) is 0.388. The molecule has 3 aromatic rings. The van der Waals surface area contributed by atoms with E-state index in [9.17, 15) is 9.59 Å². The van der Waals surface area contributed by atoms with Crippen LogP contribution in [0.5, 0.6) is 17.2 Å². The van der Waals surface area contributed by atoms with Gasteiger partial charge < -0.3 is 29.6 Å². The lowest BCUT2D eigenvalue weighted by Crippen LogP contribution is -2.45. The summed E-state index contributed by atoms with van der Waals surface area (Å²) in [5.41, 5.74) is 5.52. The Morgan fingerprint density at radius 3 is 2.66 bits per heavy atom. The van der Waals surface area contributed by atoms with Crippen LogP contribution in [0.2, 0.25) is 5.02 Å². The SMILES string of the molecule is CCOC(=O)C1=C(C)NC(=S)N[C@@H]1c1ccccc1OCC(=O)NN=Cc1cc(I)cc(OC)c1OCc1cccc(Cl)c1. The van der Waals surface area contributed by atoms with Crippen LogP contribution in [0.15, 0.2) is 77.0 Å². The van der Waals surface area contributed by atoms with Crippen LogP contribution >= 0.6 is 46.4 Å². The quantitative estimate of drug-likeness (QED) is 0.0734. The number of amides is 1. The smallest absolute Gasteiger partial charge is 0.338 e. The zero-order valence-corrected chi connectivity index (χ0v) is 27.8. The van der Waals surface area contributed by atoms with E-state index in [4.69, 9.17) is 42.8 Å². The fourth-order valence-electron chi connectivity index (χ4n) is 4.38. The number of hydrogen-bond donors (Lipinski definition) is 3. The summed E-state index contributed by atoms with van der Waals surface area (Å²) in [6.45, 7) is 3.61. The molecule has 1 atom stereocenters. The molecule has 1 heterocycles. The number of allylic oxidation sites excluding steroid dienone is 1. The van der Waals surface area contributed by atoms with Gasteiger partial charge in [0.05, 0.1) is 31.5 Å². The third-order valence-corrected chi connectivity index (χ3v) is 7.36. The Labute approximate surface area is 279 Å². The number of hydrogen-bond acceptors (Lipinski definition) is 8. The molecule has 0 saturated carbocycles. The highest BCUT2D eigenvalue weighted by atomic mass is 127. The predicted octanol–water partition coefficient (Wildman–Crippen LogP) is 5.42. The molecule has 0 saturated heterocycles. The minimum atomic E-state index is -0.638. The number of halogens is 2. The van der Waals surface area contributed by atoms with Crippen LogP contribution in [-0.2, 0) is 20.9 Å². The highest BCUT2D eigenvalue weighted by molar-refractivity contribution is 14.1. The van der Waals surface area contributed by atoms with Crippen LogP contribution in [0.3, 0.4) is 0 Å². The van der Waals surface area contributed by atoms with Crippen molar-refractivity contribution in [3.63, 3.8) is 0 Å². The molecule has 0 unspecified atom stereocenters. The maximum atomic E-state index is 12.8. The summed E-state index contributed by atoms with van der Waals surface area (Å²) < 4.78 is 23.6. The summed E-state index contributed by atoms with van der Waals surface area (Å²) in [5, 5.41) is 11.1. The molecular formula is C31H30ClIN4O6S. The predicted molar refractivity (Wildman–Crippen MR) is 180 cm³/mol. The van der Waals surface area contributed by atoms with E-state index >= 15 is 0 Å². The second-order valence-electron chi connectivity index (χ2n) is 9.36. The summed E-state index contributed by atoms with van der Waals surface area (Å²) in [4.78, 5) is 25.5. The van der Waals surface area contributed by atoms with Crippen molar-refractivity contribution >= 4 is 69.6 Å². The molecule has 1 aliphatic heterocycles. The van der Waals surface area contributed by atoms with E-state index in [0.717, 1.165) is 9.13 Å². The Hall–Kier alpha value is -3.88. The number of hydrazone groups is 1. The van der Waals surface area contributed by atoms with E-state index in [-0.39, 0.29) is 19.8 Å². The summed E-state index contributed by atoms with van der Waals surface area (Å²) in [6.07, 6.45) is 1.48. The second kappa shape index (κ2) is 15.7. The molecule has 3 aromatic carbocycles. The lowest BCUT2D eigenvalue weighted by Gasteiger charge is -2.30.